The number of nitrogens with one attached hydrogen (secondary N) is 1. The molecule has 0 aliphatic heterocycles. The molecule has 1 N–H and O–H groups in total. The summed E-state index contributed by atoms with van der Waals surface area (Å²) in [7, 11) is 0. The van der Waals surface area contributed by atoms with Crippen LogP contribution in [0, 0.1) is 5.92 Å². The fraction of sp³-hybridized carbons (Fsp3) is 0.300. The van der Waals surface area contributed by atoms with E-state index in [0.29, 0.717) is 16.1 Å². The van der Waals surface area contributed by atoms with Crippen molar-refractivity contribution in [2.75, 3.05) is 5.32 Å². The monoisotopic (exact) mass is 372 g/mol. The minimum Gasteiger partial charge on any atom is -0.301 e. The lowest BCUT2D eigenvalue weighted by Crippen LogP contribution is -2.18. The molecule has 0 aliphatic rings. The second kappa shape index (κ2) is 7.54. The van der Waals surface area contributed by atoms with Gasteiger partial charge in [-0.2, -0.15) is 0 Å². The highest BCUT2D eigenvalue weighted by molar-refractivity contribution is 7.22. The van der Waals surface area contributed by atoms with Crippen molar-refractivity contribution in [2.45, 2.75) is 33.1 Å². The highest BCUT2D eigenvalue weighted by Crippen LogP contribution is 2.29. The zero-order valence-electron chi connectivity index (χ0n) is 14.5. The van der Waals surface area contributed by atoms with E-state index in [1.54, 1.807) is 6.07 Å². The number of thiazole rings is 1. The minimum absolute atomic E-state index is 0.0539. The lowest BCUT2D eigenvalue weighted by molar-refractivity contribution is -0.117. The second-order valence-corrected chi connectivity index (χ2v) is 8.15. The summed E-state index contributed by atoms with van der Waals surface area (Å²) in [6, 6.07) is 13.8. The molecule has 0 fully saturated rings. The lowest BCUT2D eigenvalue weighted by Gasteiger charge is -2.12. The molecule has 1 aromatic heterocycles. The summed E-state index contributed by atoms with van der Waals surface area (Å²) >= 11 is 7.43. The van der Waals surface area contributed by atoms with E-state index in [2.05, 4.69) is 36.3 Å². The van der Waals surface area contributed by atoms with Crippen LogP contribution in [-0.4, -0.2) is 10.9 Å². The van der Waals surface area contributed by atoms with Crippen molar-refractivity contribution < 1.29 is 4.79 Å². The van der Waals surface area contributed by atoms with E-state index in [9.17, 15) is 4.79 Å². The number of halogens is 1. The molecule has 1 atom stereocenters. The van der Waals surface area contributed by atoms with Crippen LogP contribution in [0.15, 0.2) is 42.5 Å². The van der Waals surface area contributed by atoms with E-state index in [1.165, 1.54) is 16.9 Å². The van der Waals surface area contributed by atoms with Gasteiger partial charge in [-0.3, -0.25) is 4.79 Å². The van der Waals surface area contributed by atoms with E-state index in [-0.39, 0.29) is 11.8 Å². The number of hydrogen-bond donors (Lipinski definition) is 1. The van der Waals surface area contributed by atoms with Gasteiger partial charge in [-0.05, 0) is 48.6 Å². The van der Waals surface area contributed by atoms with Crippen LogP contribution in [-0.2, 0) is 11.2 Å². The fourth-order valence-electron chi connectivity index (χ4n) is 2.73. The Bertz CT molecular complexity index is 886. The van der Waals surface area contributed by atoms with Crippen LogP contribution in [0.1, 0.15) is 37.8 Å². The second-order valence-electron chi connectivity index (χ2n) is 6.68. The quantitative estimate of drug-likeness (QED) is 0.606. The van der Waals surface area contributed by atoms with Crippen molar-refractivity contribution in [3.63, 3.8) is 0 Å². The maximum Gasteiger partial charge on any atom is 0.233 e. The molecule has 0 bridgehead atoms. The molecule has 0 spiro atoms. The Kier molecular flexibility index (Phi) is 5.40. The van der Waals surface area contributed by atoms with Gasteiger partial charge in [-0.25, -0.2) is 4.98 Å². The van der Waals surface area contributed by atoms with Crippen LogP contribution >= 0.6 is 22.9 Å². The summed E-state index contributed by atoms with van der Waals surface area (Å²) in [6.45, 7) is 6.32. The average Bonchev–Trinajstić information content (AvgIpc) is 2.95. The van der Waals surface area contributed by atoms with Crippen molar-refractivity contribution in [1.82, 2.24) is 4.98 Å². The summed E-state index contributed by atoms with van der Waals surface area (Å²) in [5.41, 5.74) is 3.15. The third-order valence-corrected chi connectivity index (χ3v) is 5.27. The van der Waals surface area contributed by atoms with Crippen LogP contribution in [0.4, 0.5) is 5.13 Å². The van der Waals surface area contributed by atoms with Crippen molar-refractivity contribution >= 4 is 44.2 Å². The maximum absolute atomic E-state index is 12.5. The molecule has 1 unspecified atom stereocenters. The van der Waals surface area contributed by atoms with Crippen LogP contribution < -0.4 is 5.32 Å². The Balaban J connectivity index is 1.70. The molecule has 2 aromatic carbocycles. The first-order valence-electron chi connectivity index (χ1n) is 8.38. The largest absolute Gasteiger partial charge is 0.301 e. The van der Waals surface area contributed by atoms with Gasteiger partial charge >= 0.3 is 0 Å². The summed E-state index contributed by atoms with van der Waals surface area (Å²) in [5, 5.41) is 4.19. The minimum atomic E-state index is -0.233. The van der Waals surface area contributed by atoms with E-state index < -0.39 is 0 Å². The molecule has 3 nitrogen and oxygen atoms in total. The van der Waals surface area contributed by atoms with Gasteiger partial charge in [-0.15, -0.1) is 0 Å². The number of fused-ring (bicyclic) bond motifs is 1. The molecule has 5 heteroatoms. The van der Waals surface area contributed by atoms with Gasteiger partial charge in [0.05, 0.1) is 16.1 Å². The summed E-state index contributed by atoms with van der Waals surface area (Å²) < 4.78 is 0.966. The van der Waals surface area contributed by atoms with Crippen molar-refractivity contribution in [2.24, 2.45) is 5.92 Å². The molecule has 0 saturated carbocycles. The number of aromatic nitrogens is 1. The van der Waals surface area contributed by atoms with E-state index in [0.717, 1.165) is 22.2 Å². The van der Waals surface area contributed by atoms with Crippen LogP contribution in [0.3, 0.4) is 0 Å². The van der Waals surface area contributed by atoms with Gasteiger partial charge in [0.25, 0.3) is 0 Å². The van der Waals surface area contributed by atoms with Crippen LogP contribution in [0.2, 0.25) is 5.02 Å². The Labute approximate surface area is 157 Å². The first kappa shape index (κ1) is 17.9. The van der Waals surface area contributed by atoms with Crippen LogP contribution in [0.5, 0.6) is 0 Å². The number of hydrogen-bond acceptors (Lipinski definition) is 3. The number of carbonyl (C=O) groups excluding carboxylic acids is 1. The molecule has 1 amide bonds. The summed E-state index contributed by atoms with van der Waals surface area (Å²) in [4.78, 5) is 17.0. The number of rotatable bonds is 5. The molecule has 0 saturated heterocycles. The first-order valence-corrected chi connectivity index (χ1v) is 9.57. The topological polar surface area (TPSA) is 42.0 Å². The molecule has 0 radical (unpaired) electrons. The zero-order chi connectivity index (χ0) is 18.0. The molecule has 0 aliphatic carbocycles. The summed E-state index contributed by atoms with van der Waals surface area (Å²) in [6.07, 6.45) is 1.05. The molecule has 1 heterocycles. The Morgan fingerprint density at radius 1 is 1.16 bits per heavy atom. The zero-order valence-corrected chi connectivity index (χ0v) is 16.1. The third kappa shape index (κ3) is 4.39. The predicted octanol–water partition coefficient (Wildman–Crippen LogP) is 5.89. The number of carbonyl (C=O) groups is 1. The van der Waals surface area contributed by atoms with Crippen molar-refractivity contribution in [3.05, 3.63) is 58.6 Å². The van der Waals surface area contributed by atoms with Gasteiger partial charge in [0.2, 0.25) is 5.91 Å². The molecular weight excluding hydrogens is 352 g/mol. The number of nitrogens with zero attached hydrogens (tertiary/aromatic N) is 1. The lowest BCUT2D eigenvalue weighted by atomic mass is 9.96. The molecule has 25 heavy (non-hydrogen) atoms. The summed E-state index contributed by atoms with van der Waals surface area (Å²) in [5.74, 6) is 0.338. The highest BCUT2D eigenvalue weighted by Gasteiger charge is 2.17. The van der Waals surface area contributed by atoms with E-state index >= 15 is 0 Å². The number of benzene rings is 2. The number of anilines is 1. The van der Waals surface area contributed by atoms with Gasteiger partial charge in [0.1, 0.15) is 0 Å². The predicted molar refractivity (Wildman–Crippen MR) is 107 cm³/mol. The van der Waals surface area contributed by atoms with Crippen molar-refractivity contribution in [1.29, 1.82) is 0 Å². The third-order valence-electron chi connectivity index (χ3n) is 4.10. The van der Waals surface area contributed by atoms with Gasteiger partial charge < -0.3 is 5.32 Å². The molecular formula is C20H21ClN2OS. The Hall–Kier alpha value is -1.91. The van der Waals surface area contributed by atoms with Gasteiger partial charge in [0, 0.05) is 5.02 Å². The standard InChI is InChI=1S/C20H21ClN2OS/c1-12(2)10-14-4-6-15(7-5-14)13(3)19(24)23-20-22-17-9-8-16(21)11-18(17)25-20/h4-9,11-13H,10H2,1-3H3,(H,22,23,24). The Morgan fingerprint density at radius 3 is 2.56 bits per heavy atom. The SMILES string of the molecule is CC(C)Cc1ccc(C(C)C(=O)Nc2nc3ccc(Cl)cc3s2)cc1. The number of amides is 1. The first-order chi connectivity index (χ1) is 11.9. The molecule has 3 rings (SSSR count). The molecule has 130 valence electrons. The highest BCUT2D eigenvalue weighted by atomic mass is 35.5. The van der Waals surface area contributed by atoms with Crippen molar-refractivity contribution in [3.8, 4) is 0 Å². The fourth-order valence-corrected chi connectivity index (χ4v) is 3.88. The van der Waals surface area contributed by atoms with E-state index in [4.69, 9.17) is 11.6 Å². The molecule has 3 aromatic rings. The average molecular weight is 373 g/mol. The maximum atomic E-state index is 12.5. The van der Waals surface area contributed by atoms with Gasteiger partial charge in [-0.1, -0.05) is 61.1 Å². The van der Waals surface area contributed by atoms with Crippen LogP contribution in [0.25, 0.3) is 10.2 Å². The Morgan fingerprint density at radius 2 is 1.88 bits per heavy atom. The van der Waals surface area contributed by atoms with Gasteiger partial charge in [0.15, 0.2) is 5.13 Å². The normalized spacial score (nSPS) is 12.5. The smallest absolute Gasteiger partial charge is 0.233 e. The van der Waals surface area contributed by atoms with E-state index in [1.807, 2.05) is 31.2 Å².